The molecule has 0 saturated carbocycles. The molecule has 0 radical (unpaired) electrons. The van der Waals surface area contributed by atoms with E-state index in [1.807, 2.05) is 19.9 Å². The van der Waals surface area contributed by atoms with Gasteiger partial charge in [0.1, 0.15) is 5.82 Å². The van der Waals surface area contributed by atoms with Crippen LogP contribution in [0.2, 0.25) is 0 Å². The summed E-state index contributed by atoms with van der Waals surface area (Å²) in [7, 11) is 0. The smallest absolute Gasteiger partial charge is 0.336 e. The van der Waals surface area contributed by atoms with Crippen molar-refractivity contribution in [3.8, 4) is 22.8 Å². The highest BCUT2D eigenvalue weighted by Crippen LogP contribution is 2.33. The molecule has 1 aromatic heterocycles. The molecular formula is C21H21FN2O3. The first-order valence-corrected chi connectivity index (χ1v) is 8.58. The standard InChI is InChI=1S/C21H21FN2O3/c1-9-7-11(3)18(22)17(13(9)5)20-23-19(24-27-20)15-8-10(2)12(4)16(14(15)6)21(25)26/h7-8H,1-6H3,(H,25,26). The van der Waals surface area contributed by atoms with Crippen LogP contribution in [0.3, 0.4) is 0 Å². The van der Waals surface area contributed by atoms with Crippen LogP contribution in [0.15, 0.2) is 16.7 Å². The minimum Gasteiger partial charge on any atom is -0.478 e. The minimum absolute atomic E-state index is 0.0845. The van der Waals surface area contributed by atoms with Crippen LogP contribution >= 0.6 is 0 Å². The van der Waals surface area contributed by atoms with E-state index in [2.05, 4.69) is 10.1 Å². The van der Waals surface area contributed by atoms with Gasteiger partial charge in [0, 0.05) is 5.56 Å². The molecule has 27 heavy (non-hydrogen) atoms. The third-order valence-electron chi connectivity index (χ3n) is 5.17. The van der Waals surface area contributed by atoms with Gasteiger partial charge in [-0.1, -0.05) is 11.2 Å². The van der Waals surface area contributed by atoms with Gasteiger partial charge in [-0.3, -0.25) is 0 Å². The third kappa shape index (κ3) is 3.01. The second-order valence-corrected chi connectivity index (χ2v) is 6.92. The lowest BCUT2D eigenvalue weighted by Gasteiger charge is -2.12. The zero-order valence-electron chi connectivity index (χ0n) is 16.2. The number of hydrogen-bond donors (Lipinski definition) is 1. The highest BCUT2D eigenvalue weighted by Gasteiger charge is 2.23. The predicted molar refractivity (Wildman–Crippen MR) is 101 cm³/mol. The van der Waals surface area contributed by atoms with Gasteiger partial charge in [0.25, 0.3) is 5.89 Å². The largest absolute Gasteiger partial charge is 0.478 e. The number of aryl methyl sites for hydroxylation is 3. The number of carboxylic acids is 1. The van der Waals surface area contributed by atoms with Crippen LogP contribution in [0.4, 0.5) is 4.39 Å². The number of halogens is 1. The van der Waals surface area contributed by atoms with Gasteiger partial charge in [0.05, 0.1) is 11.1 Å². The van der Waals surface area contributed by atoms with Gasteiger partial charge in [-0.05, 0) is 81.0 Å². The molecule has 0 unspecified atom stereocenters. The summed E-state index contributed by atoms with van der Waals surface area (Å²) in [6.45, 7) is 10.7. The maximum absolute atomic E-state index is 14.7. The van der Waals surface area contributed by atoms with Crippen LogP contribution in [0.1, 0.15) is 43.7 Å². The second-order valence-electron chi connectivity index (χ2n) is 6.92. The summed E-state index contributed by atoms with van der Waals surface area (Å²) in [5.41, 5.74) is 5.30. The lowest BCUT2D eigenvalue weighted by atomic mass is 9.93. The molecule has 0 aliphatic rings. The first kappa shape index (κ1) is 18.8. The Labute approximate surface area is 156 Å². The Morgan fingerprint density at radius 1 is 0.963 bits per heavy atom. The molecule has 0 spiro atoms. The average molecular weight is 368 g/mol. The van der Waals surface area contributed by atoms with Crippen molar-refractivity contribution in [2.45, 2.75) is 41.5 Å². The van der Waals surface area contributed by atoms with Crippen molar-refractivity contribution in [3.63, 3.8) is 0 Å². The molecule has 5 nitrogen and oxygen atoms in total. The van der Waals surface area contributed by atoms with Gasteiger partial charge in [0.15, 0.2) is 0 Å². The maximum atomic E-state index is 14.7. The van der Waals surface area contributed by atoms with Crippen molar-refractivity contribution >= 4 is 5.97 Å². The van der Waals surface area contributed by atoms with E-state index in [-0.39, 0.29) is 22.8 Å². The molecule has 0 amide bonds. The minimum atomic E-state index is -1.00. The monoisotopic (exact) mass is 368 g/mol. The van der Waals surface area contributed by atoms with Crippen LogP contribution < -0.4 is 0 Å². The molecule has 140 valence electrons. The first-order chi connectivity index (χ1) is 12.6. The normalized spacial score (nSPS) is 11.1. The summed E-state index contributed by atoms with van der Waals surface area (Å²) >= 11 is 0. The fraction of sp³-hybridized carbons (Fsp3) is 0.286. The van der Waals surface area contributed by atoms with Crippen LogP contribution in [0, 0.1) is 47.4 Å². The number of carbonyl (C=O) groups is 1. The summed E-state index contributed by atoms with van der Waals surface area (Å²) in [5, 5.41) is 13.5. The Hall–Kier alpha value is -3.02. The Kier molecular flexibility index (Phi) is 4.59. The molecule has 0 saturated heterocycles. The number of carboxylic acid groups (broad SMARTS) is 1. The molecule has 1 heterocycles. The maximum Gasteiger partial charge on any atom is 0.336 e. The summed E-state index contributed by atoms with van der Waals surface area (Å²) in [6, 6.07) is 3.61. The third-order valence-corrected chi connectivity index (χ3v) is 5.17. The fourth-order valence-electron chi connectivity index (χ4n) is 3.34. The first-order valence-electron chi connectivity index (χ1n) is 8.58. The molecule has 0 bridgehead atoms. The van der Waals surface area contributed by atoms with E-state index in [9.17, 15) is 14.3 Å². The number of rotatable bonds is 3. The van der Waals surface area contributed by atoms with Crippen molar-refractivity contribution in [2.24, 2.45) is 0 Å². The fourth-order valence-corrected chi connectivity index (χ4v) is 3.34. The van der Waals surface area contributed by atoms with Crippen molar-refractivity contribution in [3.05, 3.63) is 56.9 Å². The Bertz CT molecular complexity index is 1060. The summed E-state index contributed by atoms with van der Waals surface area (Å²) in [6.07, 6.45) is 0. The van der Waals surface area contributed by atoms with Gasteiger partial charge < -0.3 is 9.63 Å². The van der Waals surface area contributed by atoms with Crippen molar-refractivity contribution in [1.29, 1.82) is 0 Å². The van der Waals surface area contributed by atoms with Crippen molar-refractivity contribution in [2.75, 3.05) is 0 Å². The summed E-state index contributed by atoms with van der Waals surface area (Å²) in [4.78, 5) is 16.0. The van der Waals surface area contributed by atoms with Crippen molar-refractivity contribution in [1.82, 2.24) is 10.1 Å². The van der Waals surface area contributed by atoms with Crippen LogP contribution in [-0.2, 0) is 0 Å². The molecule has 1 N–H and O–H groups in total. The van der Waals surface area contributed by atoms with Crippen LogP contribution in [-0.4, -0.2) is 21.2 Å². The highest BCUT2D eigenvalue weighted by molar-refractivity contribution is 5.94. The molecule has 2 aromatic carbocycles. The topological polar surface area (TPSA) is 76.2 Å². The summed E-state index contributed by atoms with van der Waals surface area (Å²) in [5.74, 6) is -1.07. The van der Waals surface area contributed by atoms with E-state index in [4.69, 9.17) is 4.52 Å². The lowest BCUT2D eigenvalue weighted by molar-refractivity contribution is 0.0695. The van der Waals surface area contributed by atoms with E-state index >= 15 is 0 Å². The van der Waals surface area contributed by atoms with Gasteiger partial charge in [-0.25, -0.2) is 9.18 Å². The molecule has 0 aliphatic heterocycles. The molecule has 0 aliphatic carbocycles. The molecule has 6 heteroatoms. The van der Waals surface area contributed by atoms with Gasteiger partial charge in [-0.15, -0.1) is 0 Å². The van der Waals surface area contributed by atoms with Gasteiger partial charge >= 0.3 is 5.97 Å². The predicted octanol–water partition coefficient (Wildman–Crippen LogP) is 5.09. The number of benzene rings is 2. The van der Waals surface area contributed by atoms with E-state index in [0.717, 1.165) is 16.7 Å². The molecule has 0 fully saturated rings. The van der Waals surface area contributed by atoms with Crippen LogP contribution in [0.5, 0.6) is 0 Å². The number of aromatic nitrogens is 2. The lowest BCUT2D eigenvalue weighted by Crippen LogP contribution is -2.06. The highest BCUT2D eigenvalue weighted by atomic mass is 19.1. The molecular weight excluding hydrogens is 347 g/mol. The zero-order chi connectivity index (χ0) is 20.0. The Morgan fingerprint density at radius 3 is 2.22 bits per heavy atom. The summed E-state index contributed by atoms with van der Waals surface area (Å²) < 4.78 is 20.1. The molecule has 0 atom stereocenters. The van der Waals surface area contributed by atoms with Gasteiger partial charge in [0.2, 0.25) is 5.82 Å². The van der Waals surface area contributed by atoms with E-state index < -0.39 is 11.8 Å². The number of nitrogens with zero attached hydrogens (tertiary/aromatic N) is 2. The SMILES string of the molecule is Cc1cc(-c2noc(-c3c(C)c(C)cc(C)c3F)n2)c(C)c(C(=O)O)c1C. The number of aromatic carboxylic acids is 1. The second kappa shape index (κ2) is 6.61. The van der Waals surface area contributed by atoms with E-state index in [1.54, 1.807) is 33.8 Å². The van der Waals surface area contributed by atoms with Crippen LogP contribution in [0.25, 0.3) is 22.8 Å². The zero-order valence-corrected chi connectivity index (χ0v) is 16.2. The molecule has 3 aromatic rings. The number of hydrogen-bond acceptors (Lipinski definition) is 4. The Balaban J connectivity index is 2.21. The quantitative estimate of drug-likeness (QED) is 0.697. The van der Waals surface area contributed by atoms with Crippen molar-refractivity contribution < 1.29 is 18.8 Å². The van der Waals surface area contributed by atoms with E-state index in [1.165, 1.54) is 0 Å². The van der Waals surface area contributed by atoms with Gasteiger partial charge in [-0.2, -0.15) is 4.98 Å². The average Bonchev–Trinajstić information content (AvgIpc) is 3.06. The Morgan fingerprint density at radius 2 is 1.59 bits per heavy atom. The van der Waals surface area contributed by atoms with E-state index in [0.29, 0.717) is 22.3 Å². The molecule has 3 rings (SSSR count).